The second-order valence-electron chi connectivity index (χ2n) is 28.2. The number of H-pyrrole nitrogens is 2. The van der Waals surface area contributed by atoms with Gasteiger partial charge in [-0.1, -0.05) is 194 Å². The smallest absolute Gasteiger partial charge is 0.164 e. The van der Waals surface area contributed by atoms with Crippen molar-refractivity contribution in [3.8, 4) is 45.6 Å². The number of rotatable bonds is 0. The molecule has 14 aliphatic rings. The van der Waals surface area contributed by atoms with Gasteiger partial charge in [0.1, 0.15) is 22.6 Å². The summed E-state index contributed by atoms with van der Waals surface area (Å²) in [6.45, 7) is 0. The number of hydrogen-bond donors (Lipinski definition) is 2. The van der Waals surface area contributed by atoms with Crippen LogP contribution in [0.5, 0.6) is 0 Å². The van der Waals surface area contributed by atoms with Crippen molar-refractivity contribution in [2.45, 2.75) is 47.3 Å². The van der Waals surface area contributed by atoms with Crippen LogP contribution in [-0.4, -0.2) is 39.9 Å². The number of benzene rings is 12. The minimum Gasteiger partial charge on any atom is -0.324 e. The Labute approximate surface area is 549 Å². The Bertz CT molecular complexity index is 5490. The third-order valence-corrected chi connectivity index (χ3v) is 24.1. The molecule has 0 amide bonds. The zero-order valence-electron chi connectivity index (χ0n) is 51.4. The maximum atomic E-state index is 5.87. The van der Waals surface area contributed by atoms with Gasteiger partial charge in [-0.2, -0.15) is 0 Å². The van der Waals surface area contributed by atoms with Gasteiger partial charge in [-0.05, 0) is 182 Å². The molecule has 96 heavy (non-hydrogen) atoms. The number of nitrogens with one attached hydrogen (secondary N) is 2. The van der Waals surface area contributed by atoms with Gasteiger partial charge in [-0.25, -0.2) is 29.9 Å². The summed E-state index contributed by atoms with van der Waals surface area (Å²) in [6, 6.07) is 92.0. The predicted octanol–water partition coefficient (Wildman–Crippen LogP) is 18.8. The molecule has 2 N–H and O–H groups in total. The largest absolute Gasteiger partial charge is 0.324 e. The van der Waals surface area contributed by atoms with Gasteiger partial charge in [0.25, 0.3) is 0 Å². The van der Waals surface area contributed by atoms with Crippen LogP contribution < -0.4 is 0 Å². The highest BCUT2D eigenvalue weighted by molar-refractivity contribution is 6.08. The molecule has 12 aliphatic carbocycles. The second-order valence-corrected chi connectivity index (χ2v) is 28.2. The summed E-state index contributed by atoms with van der Waals surface area (Å²) >= 11 is 0. The molecule has 15 aromatic rings. The lowest BCUT2D eigenvalue weighted by molar-refractivity contribution is 0.755. The highest BCUT2D eigenvalue weighted by atomic mass is 15.1. The van der Waals surface area contributed by atoms with E-state index in [0.717, 1.165) is 43.8 Å². The lowest BCUT2D eigenvalue weighted by Crippen LogP contribution is -2.27. The quantitative estimate of drug-likeness (QED) is 0.157. The summed E-state index contributed by atoms with van der Waals surface area (Å²) in [5, 5.41) is 3.94. The molecule has 0 spiro atoms. The minimum atomic E-state index is 0.0473. The van der Waals surface area contributed by atoms with E-state index in [-0.39, 0.29) is 47.3 Å². The van der Waals surface area contributed by atoms with Crippen LogP contribution in [0.2, 0.25) is 0 Å². The summed E-state index contributed by atoms with van der Waals surface area (Å²) in [5.74, 6) is 2.82. The van der Waals surface area contributed by atoms with Gasteiger partial charge >= 0.3 is 0 Å². The van der Waals surface area contributed by atoms with Crippen LogP contribution in [0.25, 0.3) is 89.7 Å². The van der Waals surface area contributed by atoms with Crippen molar-refractivity contribution in [1.29, 1.82) is 0 Å². The van der Waals surface area contributed by atoms with E-state index in [4.69, 9.17) is 29.9 Å². The van der Waals surface area contributed by atoms with Crippen LogP contribution in [0.1, 0.15) is 181 Å². The van der Waals surface area contributed by atoms with Gasteiger partial charge < -0.3 is 9.97 Å². The van der Waals surface area contributed by atoms with Crippen LogP contribution in [-0.2, 0) is 0 Å². The van der Waals surface area contributed by atoms with E-state index in [2.05, 4.69) is 253 Å². The van der Waals surface area contributed by atoms with Gasteiger partial charge in [0.15, 0.2) is 23.3 Å². The molecule has 8 heteroatoms. The summed E-state index contributed by atoms with van der Waals surface area (Å²) < 4.78 is 0. The fourth-order valence-corrected chi connectivity index (χ4v) is 20.4. The number of aromatic amines is 2. The monoisotopic (exact) mass is 1220 g/mol. The normalized spacial score (nSPS) is 20.5. The number of fused-ring (bicyclic) bond motifs is 20. The molecule has 0 radical (unpaired) electrons. The summed E-state index contributed by atoms with van der Waals surface area (Å²) in [5.41, 5.74) is 38.8. The molecular formula is C88H50N8. The molecule has 5 heterocycles. The lowest BCUT2D eigenvalue weighted by Gasteiger charge is -2.42. The molecule has 0 saturated heterocycles. The van der Waals surface area contributed by atoms with Gasteiger partial charge in [0.2, 0.25) is 0 Å². The van der Waals surface area contributed by atoms with Gasteiger partial charge in [0.05, 0.1) is 0 Å². The van der Waals surface area contributed by atoms with Crippen LogP contribution in [0.3, 0.4) is 0 Å². The molecule has 0 atom stereocenters. The zero-order chi connectivity index (χ0) is 61.7. The third kappa shape index (κ3) is 5.98. The SMILES string of the molecule is c1ccc2c(c1)C1c3ccccc3C2c2cc3c(cc21)-c1nc-3nc2[nH]c(nc3nc(nc4[nH]c(n1)c1cc5c(cc41)C1c4ccccc4C5c4ccccc41)-c1cc4c(cc1-3)C1c3ccccc3C4c3ccccc31)c1cc3c(cc21)C1c2ccccc2C3c2ccccc21. The van der Waals surface area contributed by atoms with Crippen molar-refractivity contribution >= 4 is 44.1 Å². The molecule has 8 nitrogen and oxygen atoms in total. The fourth-order valence-electron chi connectivity index (χ4n) is 20.4. The Hall–Kier alpha value is -12.0. The molecule has 29 rings (SSSR count). The number of hydrogen-bond acceptors (Lipinski definition) is 6. The summed E-state index contributed by atoms with van der Waals surface area (Å²) in [4.78, 5) is 42.8. The van der Waals surface area contributed by atoms with Crippen molar-refractivity contribution in [2.24, 2.45) is 0 Å². The van der Waals surface area contributed by atoms with Crippen LogP contribution in [0.4, 0.5) is 0 Å². The van der Waals surface area contributed by atoms with Crippen molar-refractivity contribution in [3.63, 3.8) is 0 Å². The van der Waals surface area contributed by atoms with E-state index in [1.807, 2.05) is 0 Å². The third-order valence-electron chi connectivity index (χ3n) is 24.1. The standard InChI is InChI=1S/C88H50N8/c1-2-18-42-41(17-1)73-43-19-3-4-20-44(43)74(42)58-34-66-65(33-57(58)73)81-89-82(66)94-84-69-37-61-62(78-51-27-11-9-25-49(51)77(61)50-26-10-12-28-52(50)78)38-70(69)86(91-84)96-88-72-40-64-63(79-53-29-13-15-31-55(53)80(64)56-32-16-14-30-54(56)79)39-71(72)87(92-88)95-85-68-36-60-59(35-67(68)83(90-85)93-81)75-45-21-5-7-23-47(45)76(60)48-24-8-6-22-46(48)75/h1-40,73-80H,(H2,89,90,91,92,93,94,95,96). The zero-order valence-corrected chi connectivity index (χ0v) is 51.4. The van der Waals surface area contributed by atoms with Crippen LogP contribution in [0, 0.1) is 0 Å². The maximum Gasteiger partial charge on any atom is 0.164 e. The Kier molecular flexibility index (Phi) is 8.90. The van der Waals surface area contributed by atoms with Gasteiger partial charge in [-0.3, -0.25) is 0 Å². The van der Waals surface area contributed by atoms with Crippen molar-refractivity contribution in [1.82, 2.24) is 39.9 Å². The molecule has 3 aromatic heterocycles. The fraction of sp³-hybridized carbons (Fsp3) is 0.0909. The molecule has 0 unspecified atom stereocenters. The molecule has 442 valence electrons. The average molecular weight is 1220 g/mol. The summed E-state index contributed by atoms with van der Waals surface area (Å²) in [6.07, 6.45) is 0. The molecular weight excluding hydrogens is 1170 g/mol. The van der Waals surface area contributed by atoms with Crippen LogP contribution >= 0.6 is 0 Å². The van der Waals surface area contributed by atoms with Crippen molar-refractivity contribution in [2.75, 3.05) is 0 Å². The first-order chi connectivity index (χ1) is 47.6. The lowest BCUT2D eigenvalue weighted by atomic mass is 9.60. The molecule has 0 fully saturated rings. The predicted molar refractivity (Wildman–Crippen MR) is 375 cm³/mol. The first-order valence-electron chi connectivity index (χ1n) is 33.8. The van der Waals surface area contributed by atoms with Gasteiger partial charge in [-0.15, -0.1) is 0 Å². The molecule has 12 aromatic carbocycles. The van der Waals surface area contributed by atoms with Crippen molar-refractivity contribution < 1.29 is 0 Å². The minimum absolute atomic E-state index is 0.0473. The van der Waals surface area contributed by atoms with Gasteiger partial charge in [0, 0.05) is 91.1 Å². The number of aromatic nitrogens is 8. The molecule has 0 saturated carbocycles. The van der Waals surface area contributed by atoms with Crippen LogP contribution in [0.15, 0.2) is 243 Å². The topological polar surface area (TPSA) is 109 Å². The Morgan fingerprint density at radius 1 is 0.167 bits per heavy atom. The molecule has 2 aliphatic heterocycles. The first-order valence-corrected chi connectivity index (χ1v) is 33.8. The number of nitrogens with zero attached hydrogens (tertiary/aromatic N) is 6. The maximum absolute atomic E-state index is 5.87. The Balaban J connectivity index is 0.814. The Morgan fingerprint density at radius 3 is 0.469 bits per heavy atom. The van der Waals surface area contributed by atoms with E-state index in [1.165, 1.54) is 134 Å². The van der Waals surface area contributed by atoms with E-state index in [9.17, 15) is 0 Å². The van der Waals surface area contributed by atoms with E-state index < -0.39 is 0 Å². The summed E-state index contributed by atoms with van der Waals surface area (Å²) in [7, 11) is 0. The van der Waals surface area contributed by atoms with E-state index in [0.29, 0.717) is 45.9 Å². The van der Waals surface area contributed by atoms with E-state index >= 15 is 0 Å². The molecule has 16 bridgehead atoms. The highest BCUT2D eigenvalue weighted by Gasteiger charge is 2.47. The Morgan fingerprint density at radius 2 is 0.312 bits per heavy atom. The highest BCUT2D eigenvalue weighted by Crippen LogP contribution is 2.62. The van der Waals surface area contributed by atoms with E-state index in [1.54, 1.807) is 0 Å². The first kappa shape index (κ1) is 49.6. The average Bonchev–Trinajstić information content (AvgIpc) is 1.14. The second kappa shape index (κ2) is 17.2. The van der Waals surface area contributed by atoms with Crippen molar-refractivity contribution in [3.05, 3.63) is 376 Å².